The molecule has 1 N–H and O–H groups in total. The SMILES string of the molecule is CCN1CCN(C(=O)Nc2ccncc2F)C[C@@H]1c1nccn1C. The van der Waals surface area contributed by atoms with Crippen LogP contribution >= 0.6 is 0 Å². The van der Waals surface area contributed by atoms with Crippen LogP contribution in [0.3, 0.4) is 0 Å². The monoisotopic (exact) mass is 332 g/mol. The first kappa shape index (κ1) is 16.4. The lowest BCUT2D eigenvalue weighted by Crippen LogP contribution is -2.52. The molecule has 1 fully saturated rings. The highest BCUT2D eigenvalue weighted by Gasteiger charge is 2.32. The summed E-state index contributed by atoms with van der Waals surface area (Å²) in [5.74, 6) is 0.378. The Kier molecular flexibility index (Phi) is 4.75. The zero-order chi connectivity index (χ0) is 17.1. The van der Waals surface area contributed by atoms with Crippen LogP contribution in [0.5, 0.6) is 0 Å². The predicted molar refractivity (Wildman–Crippen MR) is 88.0 cm³/mol. The summed E-state index contributed by atoms with van der Waals surface area (Å²) in [5.41, 5.74) is 0.140. The Morgan fingerprint density at radius 1 is 1.42 bits per heavy atom. The lowest BCUT2D eigenvalue weighted by Gasteiger charge is -2.40. The van der Waals surface area contributed by atoms with Gasteiger partial charge in [0.15, 0.2) is 5.82 Å². The summed E-state index contributed by atoms with van der Waals surface area (Å²) < 4.78 is 15.6. The van der Waals surface area contributed by atoms with Gasteiger partial charge in [-0.05, 0) is 12.6 Å². The molecule has 3 heterocycles. The molecule has 0 radical (unpaired) electrons. The number of aryl methyl sites for hydroxylation is 1. The summed E-state index contributed by atoms with van der Waals surface area (Å²) in [4.78, 5) is 24.6. The number of aromatic nitrogens is 3. The number of amides is 2. The predicted octanol–water partition coefficient (Wildman–Crippen LogP) is 1.86. The lowest BCUT2D eigenvalue weighted by atomic mass is 10.1. The third-order valence-electron chi connectivity index (χ3n) is 4.36. The maximum absolute atomic E-state index is 13.7. The van der Waals surface area contributed by atoms with E-state index in [4.69, 9.17) is 0 Å². The van der Waals surface area contributed by atoms with Crippen LogP contribution in [-0.2, 0) is 7.05 Å². The molecular weight excluding hydrogens is 311 g/mol. The molecule has 0 spiro atoms. The Bertz CT molecular complexity index is 718. The molecule has 3 rings (SSSR count). The number of rotatable bonds is 3. The Hall–Kier alpha value is -2.48. The van der Waals surface area contributed by atoms with E-state index in [9.17, 15) is 9.18 Å². The number of carbonyl (C=O) groups excluding carboxylic acids is 1. The van der Waals surface area contributed by atoms with Crippen molar-refractivity contribution in [1.82, 2.24) is 24.3 Å². The molecule has 7 nitrogen and oxygen atoms in total. The second-order valence-corrected chi connectivity index (χ2v) is 5.77. The first-order valence-corrected chi connectivity index (χ1v) is 7.97. The minimum Gasteiger partial charge on any atom is -0.337 e. The normalized spacial score (nSPS) is 18.6. The maximum Gasteiger partial charge on any atom is 0.322 e. The van der Waals surface area contributed by atoms with Crippen LogP contribution in [0, 0.1) is 5.82 Å². The van der Waals surface area contributed by atoms with Gasteiger partial charge in [-0.3, -0.25) is 9.88 Å². The average molecular weight is 332 g/mol. The molecule has 0 bridgehead atoms. The third-order valence-corrected chi connectivity index (χ3v) is 4.36. The first-order valence-electron chi connectivity index (χ1n) is 7.97. The molecule has 1 aliphatic rings. The van der Waals surface area contributed by atoms with Crippen molar-refractivity contribution in [2.45, 2.75) is 13.0 Å². The van der Waals surface area contributed by atoms with E-state index >= 15 is 0 Å². The van der Waals surface area contributed by atoms with Crippen molar-refractivity contribution in [3.05, 3.63) is 42.5 Å². The minimum atomic E-state index is -0.543. The highest BCUT2D eigenvalue weighted by molar-refractivity contribution is 5.89. The molecule has 2 amide bonds. The van der Waals surface area contributed by atoms with Crippen molar-refractivity contribution >= 4 is 11.7 Å². The van der Waals surface area contributed by atoms with E-state index in [-0.39, 0.29) is 17.8 Å². The number of hydrogen-bond acceptors (Lipinski definition) is 4. The first-order chi connectivity index (χ1) is 11.6. The van der Waals surface area contributed by atoms with E-state index in [1.54, 1.807) is 11.1 Å². The number of nitrogens with one attached hydrogen (secondary N) is 1. The highest BCUT2D eigenvalue weighted by atomic mass is 19.1. The Morgan fingerprint density at radius 2 is 2.25 bits per heavy atom. The quantitative estimate of drug-likeness (QED) is 0.932. The van der Waals surface area contributed by atoms with E-state index < -0.39 is 5.82 Å². The van der Waals surface area contributed by atoms with Crippen molar-refractivity contribution in [2.24, 2.45) is 7.05 Å². The third kappa shape index (κ3) is 3.23. The molecule has 128 valence electrons. The molecule has 1 aliphatic heterocycles. The number of pyridine rings is 1. The molecule has 0 aliphatic carbocycles. The standard InChI is InChI=1S/C16H21FN6O/c1-3-22-8-9-23(11-14(22)15-19-6-7-21(15)2)16(24)20-13-4-5-18-10-12(13)17/h4-7,10,14H,3,8-9,11H2,1-2H3,(H,18,20,24)/t14-/m1/s1. The fraction of sp³-hybridized carbons (Fsp3) is 0.438. The largest absolute Gasteiger partial charge is 0.337 e. The Balaban J connectivity index is 1.74. The molecule has 0 saturated carbocycles. The van der Waals surface area contributed by atoms with Gasteiger partial charge in [-0.1, -0.05) is 6.92 Å². The summed E-state index contributed by atoms with van der Waals surface area (Å²) in [7, 11) is 1.95. The molecule has 8 heteroatoms. The smallest absolute Gasteiger partial charge is 0.322 e. The molecule has 0 aromatic carbocycles. The van der Waals surface area contributed by atoms with Crippen molar-refractivity contribution in [3.8, 4) is 0 Å². The van der Waals surface area contributed by atoms with Gasteiger partial charge in [-0.2, -0.15) is 0 Å². The van der Waals surface area contributed by atoms with Crippen LogP contribution in [0.4, 0.5) is 14.9 Å². The van der Waals surface area contributed by atoms with Gasteiger partial charge in [-0.25, -0.2) is 14.2 Å². The summed E-state index contributed by atoms with van der Waals surface area (Å²) in [6.07, 6.45) is 6.19. The van der Waals surface area contributed by atoms with E-state index in [1.165, 1.54) is 12.3 Å². The second kappa shape index (κ2) is 6.96. The van der Waals surface area contributed by atoms with Crippen molar-refractivity contribution in [1.29, 1.82) is 0 Å². The van der Waals surface area contributed by atoms with Gasteiger partial charge >= 0.3 is 6.03 Å². The van der Waals surface area contributed by atoms with Gasteiger partial charge in [0.25, 0.3) is 0 Å². The van der Waals surface area contributed by atoms with Crippen LogP contribution < -0.4 is 5.32 Å². The van der Waals surface area contributed by atoms with E-state index in [2.05, 4.69) is 27.1 Å². The van der Waals surface area contributed by atoms with Crippen LogP contribution in [0.15, 0.2) is 30.9 Å². The lowest BCUT2D eigenvalue weighted by molar-refractivity contribution is 0.0926. The van der Waals surface area contributed by atoms with E-state index in [1.807, 2.05) is 17.8 Å². The summed E-state index contributed by atoms with van der Waals surface area (Å²) in [5, 5.41) is 2.62. The zero-order valence-electron chi connectivity index (χ0n) is 13.8. The summed E-state index contributed by atoms with van der Waals surface area (Å²) >= 11 is 0. The van der Waals surface area contributed by atoms with E-state index in [0.717, 1.165) is 25.1 Å². The number of imidazole rings is 1. The van der Waals surface area contributed by atoms with Crippen molar-refractivity contribution < 1.29 is 9.18 Å². The number of halogens is 1. The number of urea groups is 1. The van der Waals surface area contributed by atoms with Crippen molar-refractivity contribution in [3.63, 3.8) is 0 Å². The Labute approximate surface area is 140 Å². The Morgan fingerprint density at radius 3 is 2.92 bits per heavy atom. The zero-order valence-corrected chi connectivity index (χ0v) is 13.8. The molecule has 24 heavy (non-hydrogen) atoms. The molecular formula is C16H21FN6O. The van der Waals surface area contributed by atoms with E-state index in [0.29, 0.717) is 13.1 Å². The summed E-state index contributed by atoms with van der Waals surface area (Å²) in [6.45, 7) is 4.83. The van der Waals surface area contributed by atoms with Crippen LogP contribution in [0.25, 0.3) is 0 Å². The van der Waals surface area contributed by atoms with Crippen molar-refractivity contribution in [2.75, 3.05) is 31.5 Å². The minimum absolute atomic E-state index is 0.0248. The fourth-order valence-electron chi connectivity index (χ4n) is 3.00. The number of carbonyl (C=O) groups is 1. The number of piperazine rings is 1. The molecule has 2 aromatic rings. The fourth-order valence-corrected chi connectivity index (χ4v) is 3.00. The molecule has 0 unspecified atom stereocenters. The van der Waals surface area contributed by atoms with Gasteiger partial charge in [-0.15, -0.1) is 0 Å². The molecule has 2 aromatic heterocycles. The van der Waals surface area contributed by atoms with Gasteiger partial charge in [0.2, 0.25) is 0 Å². The number of hydrogen-bond donors (Lipinski definition) is 1. The second-order valence-electron chi connectivity index (χ2n) is 5.77. The van der Waals surface area contributed by atoms with Gasteiger partial charge in [0.05, 0.1) is 17.9 Å². The van der Waals surface area contributed by atoms with Gasteiger partial charge < -0.3 is 14.8 Å². The van der Waals surface area contributed by atoms with Gasteiger partial charge in [0.1, 0.15) is 5.82 Å². The number of anilines is 1. The van der Waals surface area contributed by atoms with Crippen LogP contribution in [-0.4, -0.2) is 56.5 Å². The highest BCUT2D eigenvalue weighted by Crippen LogP contribution is 2.24. The molecule has 1 saturated heterocycles. The maximum atomic E-state index is 13.7. The molecule has 1 atom stereocenters. The van der Waals surface area contributed by atoms with Gasteiger partial charge in [0, 0.05) is 45.3 Å². The average Bonchev–Trinajstić information content (AvgIpc) is 3.02. The topological polar surface area (TPSA) is 66.3 Å². The summed E-state index contributed by atoms with van der Waals surface area (Å²) in [6, 6.07) is 1.16. The van der Waals surface area contributed by atoms with Crippen LogP contribution in [0.2, 0.25) is 0 Å². The number of likely N-dealkylation sites (N-methyl/N-ethyl adjacent to an activating group) is 1. The van der Waals surface area contributed by atoms with Crippen LogP contribution in [0.1, 0.15) is 18.8 Å². The number of nitrogens with zero attached hydrogens (tertiary/aromatic N) is 5.